The van der Waals surface area contributed by atoms with Crippen molar-refractivity contribution in [3.8, 4) is 0 Å². The second kappa shape index (κ2) is 3.89. The van der Waals surface area contributed by atoms with Gasteiger partial charge in [-0.3, -0.25) is 0 Å². The monoisotopic (exact) mass is 270 g/mol. The first-order chi connectivity index (χ1) is 7.01. The number of benzene rings is 1. The van der Waals surface area contributed by atoms with Crippen LogP contribution in [0.25, 0.3) is 0 Å². The molecule has 1 aliphatic carbocycles. The van der Waals surface area contributed by atoms with Crippen LogP contribution in [-0.2, 0) is 5.41 Å². The van der Waals surface area contributed by atoms with Gasteiger partial charge in [-0.1, -0.05) is 28.9 Å². The summed E-state index contributed by atoms with van der Waals surface area (Å²) in [6.45, 7) is 4.29. The van der Waals surface area contributed by atoms with Crippen LogP contribution < -0.4 is 0 Å². The quantitative estimate of drug-likeness (QED) is 0.666. The van der Waals surface area contributed by atoms with Crippen molar-refractivity contribution in [3.63, 3.8) is 0 Å². The molecule has 0 spiro atoms. The van der Waals surface area contributed by atoms with Crippen LogP contribution in [0.15, 0.2) is 18.2 Å². The molecule has 0 nitrogen and oxygen atoms in total. The molecule has 0 aromatic heterocycles. The van der Waals surface area contributed by atoms with E-state index in [1.807, 2.05) is 13.0 Å². The molecule has 0 amide bonds. The van der Waals surface area contributed by atoms with E-state index in [9.17, 15) is 4.39 Å². The van der Waals surface area contributed by atoms with Gasteiger partial charge in [-0.25, -0.2) is 4.39 Å². The van der Waals surface area contributed by atoms with Gasteiger partial charge in [0.05, 0.1) is 0 Å². The maximum atomic E-state index is 13.0. The average molecular weight is 271 g/mol. The van der Waals surface area contributed by atoms with Crippen molar-refractivity contribution in [2.45, 2.75) is 43.4 Å². The van der Waals surface area contributed by atoms with E-state index >= 15 is 0 Å². The molecule has 2 unspecified atom stereocenters. The van der Waals surface area contributed by atoms with Gasteiger partial charge in [0.1, 0.15) is 5.82 Å². The second-order valence-electron chi connectivity index (χ2n) is 4.86. The Bertz CT molecular complexity index is 375. The Labute approximate surface area is 99.0 Å². The van der Waals surface area contributed by atoms with E-state index < -0.39 is 0 Å². The minimum absolute atomic E-state index is 0.131. The molecule has 1 aromatic rings. The van der Waals surface area contributed by atoms with E-state index in [2.05, 4.69) is 22.9 Å². The topological polar surface area (TPSA) is 0 Å². The van der Waals surface area contributed by atoms with Gasteiger partial charge < -0.3 is 0 Å². The molecule has 1 aliphatic rings. The molecule has 2 heteroatoms. The van der Waals surface area contributed by atoms with Crippen molar-refractivity contribution in [2.75, 3.05) is 0 Å². The summed E-state index contributed by atoms with van der Waals surface area (Å²) in [7, 11) is 0. The zero-order valence-corrected chi connectivity index (χ0v) is 10.8. The summed E-state index contributed by atoms with van der Waals surface area (Å²) in [5, 5.41) is 0. The van der Waals surface area contributed by atoms with Crippen molar-refractivity contribution < 1.29 is 4.39 Å². The lowest BCUT2D eigenvalue weighted by Crippen LogP contribution is -2.19. The first kappa shape index (κ1) is 11.1. The lowest BCUT2D eigenvalue weighted by molar-refractivity contribution is 0.488. The van der Waals surface area contributed by atoms with Gasteiger partial charge in [-0.15, -0.1) is 0 Å². The van der Waals surface area contributed by atoms with Crippen molar-refractivity contribution in [2.24, 2.45) is 0 Å². The van der Waals surface area contributed by atoms with Crippen LogP contribution in [0, 0.1) is 12.7 Å². The maximum Gasteiger partial charge on any atom is 0.123 e. The number of hydrogen-bond donors (Lipinski definition) is 0. The minimum atomic E-state index is -0.131. The first-order valence-electron chi connectivity index (χ1n) is 5.42. The van der Waals surface area contributed by atoms with Crippen LogP contribution in [0.5, 0.6) is 0 Å². The van der Waals surface area contributed by atoms with Crippen LogP contribution in [0.3, 0.4) is 0 Å². The van der Waals surface area contributed by atoms with E-state index in [-0.39, 0.29) is 11.2 Å². The van der Waals surface area contributed by atoms with Gasteiger partial charge in [-0.05, 0) is 54.9 Å². The Kier molecular flexibility index (Phi) is 2.89. The van der Waals surface area contributed by atoms with Gasteiger partial charge in [0.15, 0.2) is 0 Å². The number of rotatable bonds is 1. The molecule has 2 rings (SSSR count). The van der Waals surface area contributed by atoms with Gasteiger partial charge >= 0.3 is 0 Å². The average Bonchev–Trinajstić information content (AvgIpc) is 2.46. The highest BCUT2D eigenvalue weighted by molar-refractivity contribution is 9.09. The fourth-order valence-corrected chi connectivity index (χ4v) is 3.66. The SMILES string of the molecule is Cc1cc(F)ccc1C1(C)CCC(Br)C1. The van der Waals surface area contributed by atoms with Crippen molar-refractivity contribution >= 4 is 15.9 Å². The molecule has 1 aromatic carbocycles. The predicted octanol–water partition coefficient (Wildman–Crippen LogP) is 4.34. The highest BCUT2D eigenvalue weighted by Crippen LogP contribution is 2.44. The summed E-state index contributed by atoms with van der Waals surface area (Å²) < 4.78 is 13.0. The normalized spacial score (nSPS) is 30.8. The molecule has 0 aliphatic heterocycles. The van der Waals surface area contributed by atoms with E-state index in [1.165, 1.54) is 18.4 Å². The van der Waals surface area contributed by atoms with Crippen molar-refractivity contribution in [1.82, 2.24) is 0 Å². The summed E-state index contributed by atoms with van der Waals surface area (Å²) in [6.07, 6.45) is 3.56. The zero-order valence-electron chi connectivity index (χ0n) is 9.19. The zero-order chi connectivity index (χ0) is 11.1. The third-order valence-electron chi connectivity index (χ3n) is 3.52. The Balaban J connectivity index is 2.37. The van der Waals surface area contributed by atoms with Gasteiger partial charge in [0.2, 0.25) is 0 Å². The van der Waals surface area contributed by atoms with Gasteiger partial charge in [0, 0.05) is 4.83 Å². The molecule has 15 heavy (non-hydrogen) atoms. The van der Waals surface area contributed by atoms with Crippen LogP contribution in [0.2, 0.25) is 0 Å². The highest BCUT2D eigenvalue weighted by Gasteiger charge is 2.36. The summed E-state index contributed by atoms with van der Waals surface area (Å²) in [5.41, 5.74) is 2.62. The summed E-state index contributed by atoms with van der Waals surface area (Å²) in [4.78, 5) is 0.618. The molecule has 2 atom stereocenters. The molecule has 0 N–H and O–H groups in total. The molecule has 1 fully saturated rings. The summed E-state index contributed by atoms with van der Waals surface area (Å²) in [6, 6.07) is 5.17. The van der Waals surface area contributed by atoms with Crippen LogP contribution in [-0.4, -0.2) is 4.83 Å². The standard InChI is InChI=1S/C13H16BrF/c1-9-7-11(15)3-4-12(9)13(2)6-5-10(14)8-13/h3-4,7,10H,5-6,8H2,1-2H3. The third-order valence-corrected chi connectivity index (χ3v) is 4.30. The fraction of sp³-hybridized carbons (Fsp3) is 0.538. The predicted molar refractivity (Wildman–Crippen MR) is 65.1 cm³/mol. The van der Waals surface area contributed by atoms with E-state index in [4.69, 9.17) is 0 Å². The van der Waals surface area contributed by atoms with Crippen LogP contribution in [0.4, 0.5) is 4.39 Å². The Morgan fingerprint density at radius 2 is 2.20 bits per heavy atom. The number of aryl methyl sites for hydroxylation is 1. The Morgan fingerprint density at radius 1 is 1.47 bits per heavy atom. The second-order valence-corrected chi connectivity index (χ2v) is 6.15. The molecule has 1 saturated carbocycles. The molecule has 0 radical (unpaired) electrons. The maximum absolute atomic E-state index is 13.0. The highest BCUT2D eigenvalue weighted by atomic mass is 79.9. The first-order valence-corrected chi connectivity index (χ1v) is 6.33. The number of hydrogen-bond acceptors (Lipinski definition) is 0. The third kappa shape index (κ3) is 2.10. The molecular formula is C13H16BrF. The lowest BCUT2D eigenvalue weighted by atomic mass is 9.79. The molecular weight excluding hydrogens is 255 g/mol. The van der Waals surface area contributed by atoms with Gasteiger partial charge in [0.25, 0.3) is 0 Å². The molecule has 0 bridgehead atoms. The largest absolute Gasteiger partial charge is 0.207 e. The number of halogens is 2. The molecule has 0 heterocycles. The Morgan fingerprint density at radius 3 is 2.73 bits per heavy atom. The van der Waals surface area contributed by atoms with E-state index in [0.29, 0.717) is 4.83 Å². The summed E-state index contributed by atoms with van der Waals surface area (Å²) >= 11 is 3.68. The van der Waals surface area contributed by atoms with Gasteiger partial charge in [-0.2, -0.15) is 0 Å². The van der Waals surface area contributed by atoms with E-state index in [0.717, 1.165) is 12.0 Å². The lowest BCUT2D eigenvalue weighted by Gasteiger charge is -2.26. The summed E-state index contributed by atoms with van der Waals surface area (Å²) in [5.74, 6) is -0.131. The number of alkyl halides is 1. The Hall–Kier alpha value is -0.370. The van der Waals surface area contributed by atoms with Crippen LogP contribution >= 0.6 is 15.9 Å². The molecule has 82 valence electrons. The fourth-order valence-electron chi connectivity index (χ4n) is 2.72. The van der Waals surface area contributed by atoms with Crippen molar-refractivity contribution in [1.29, 1.82) is 0 Å². The smallest absolute Gasteiger partial charge is 0.123 e. The van der Waals surface area contributed by atoms with E-state index in [1.54, 1.807) is 12.1 Å². The minimum Gasteiger partial charge on any atom is -0.207 e. The van der Waals surface area contributed by atoms with Crippen molar-refractivity contribution in [3.05, 3.63) is 35.1 Å². The van der Waals surface area contributed by atoms with Crippen LogP contribution in [0.1, 0.15) is 37.3 Å². The molecule has 0 saturated heterocycles.